The Kier molecular flexibility index (Phi) is 4.18. The number of nitriles is 1. The van der Waals surface area contributed by atoms with Gasteiger partial charge in [-0.25, -0.2) is 0 Å². The molecule has 1 fully saturated rings. The van der Waals surface area contributed by atoms with Crippen LogP contribution in [0.1, 0.15) is 38.3 Å². The van der Waals surface area contributed by atoms with Crippen LogP contribution >= 0.6 is 0 Å². The van der Waals surface area contributed by atoms with Crippen molar-refractivity contribution in [3.8, 4) is 6.07 Å². The van der Waals surface area contributed by atoms with Crippen molar-refractivity contribution in [1.29, 1.82) is 5.26 Å². The van der Waals surface area contributed by atoms with Gasteiger partial charge in [-0.3, -0.25) is 0 Å². The van der Waals surface area contributed by atoms with E-state index in [1.54, 1.807) is 0 Å². The molecule has 0 bridgehead atoms. The molecule has 0 spiro atoms. The van der Waals surface area contributed by atoms with Crippen LogP contribution in [0, 0.1) is 23.2 Å². The number of hydrogen-bond donors (Lipinski definition) is 0. The van der Waals surface area contributed by atoms with Crippen LogP contribution in [0.3, 0.4) is 0 Å². The van der Waals surface area contributed by atoms with Gasteiger partial charge < -0.3 is 4.90 Å². The molecule has 3 unspecified atom stereocenters. The Hall–Kier alpha value is -1.70. The van der Waals surface area contributed by atoms with E-state index < -0.39 is 11.7 Å². The lowest BCUT2D eigenvalue weighted by atomic mass is 9.85. The van der Waals surface area contributed by atoms with Crippen molar-refractivity contribution in [2.45, 2.75) is 39.4 Å². The molecule has 2 nitrogen and oxygen atoms in total. The van der Waals surface area contributed by atoms with Crippen LogP contribution in [-0.4, -0.2) is 12.6 Å². The highest BCUT2D eigenvalue weighted by atomic mass is 19.4. The van der Waals surface area contributed by atoms with Crippen molar-refractivity contribution in [2.24, 2.45) is 11.8 Å². The summed E-state index contributed by atoms with van der Waals surface area (Å²) in [7, 11) is 0. The van der Waals surface area contributed by atoms with Crippen LogP contribution in [-0.2, 0) is 6.18 Å². The summed E-state index contributed by atoms with van der Waals surface area (Å²) in [6.07, 6.45) is -3.32. The normalized spacial score (nSPS) is 26.5. The van der Waals surface area contributed by atoms with Gasteiger partial charge in [-0.1, -0.05) is 13.8 Å². The Morgan fingerprint density at radius 3 is 2.48 bits per heavy atom. The summed E-state index contributed by atoms with van der Waals surface area (Å²) >= 11 is 0. The molecule has 0 aliphatic carbocycles. The molecule has 3 atom stereocenters. The zero-order chi connectivity index (χ0) is 15.8. The minimum atomic E-state index is -4.42. The molecule has 0 saturated carbocycles. The maximum absolute atomic E-state index is 12.8. The van der Waals surface area contributed by atoms with Gasteiger partial charge >= 0.3 is 6.18 Å². The fourth-order valence-electron chi connectivity index (χ4n) is 3.09. The SMILES string of the molecule is CC1CC(C)C(C)N(c2ccc(C(F)(F)F)cc2C#N)C1. The molecule has 2 rings (SSSR count). The maximum Gasteiger partial charge on any atom is 0.416 e. The molecule has 0 radical (unpaired) electrons. The summed E-state index contributed by atoms with van der Waals surface area (Å²) in [5, 5.41) is 9.21. The number of alkyl halides is 3. The van der Waals surface area contributed by atoms with E-state index in [9.17, 15) is 18.4 Å². The molecule has 1 aliphatic rings. The van der Waals surface area contributed by atoms with Crippen LogP contribution < -0.4 is 4.90 Å². The van der Waals surface area contributed by atoms with Crippen molar-refractivity contribution >= 4 is 5.69 Å². The smallest absolute Gasteiger partial charge is 0.367 e. The molecule has 1 heterocycles. The topological polar surface area (TPSA) is 27.0 Å². The second-order valence-corrected chi connectivity index (χ2v) is 6.05. The third kappa shape index (κ3) is 3.15. The monoisotopic (exact) mass is 296 g/mol. The minimum Gasteiger partial charge on any atom is -0.367 e. The van der Waals surface area contributed by atoms with Crippen LogP contribution in [0.5, 0.6) is 0 Å². The van der Waals surface area contributed by atoms with Crippen LogP contribution in [0.25, 0.3) is 0 Å². The van der Waals surface area contributed by atoms with E-state index in [-0.39, 0.29) is 11.6 Å². The number of nitrogens with zero attached hydrogens (tertiary/aromatic N) is 2. The number of anilines is 1. The molecular weight excluding hydrogens is 277 g/mol. The first-order valence-electron chi connectivity index (χ1n) is 7.12. The molecule has 5 heteroatoms. The number of hydrogen-bond acceptors (Lipinski definition) is 2. The first-order chi connectivity index (χ1) is 9.74. The summed E-state index contributed by atoms with van der Waals surface area (Å²) in [6, 6.07) is 5.57. The summed E-state index contributed by atoms with van der Waals surface area (Å²) < 4.78 is 38.3. The molecule has 1 aromatic carbocycles. The maximum atomic E-state index is 12.8. The largest absolute Gasteiger partial charge is 0.416 e. The van der Waals surface area contributed by atoms with E-state index in [1.165, 1.54) is 6.07 Å². The van der Waals surface area contributed by atoms with Gasteiger partial charge in [-0.05, 0) is 43.4 Å². The zero-order valence-electron chi connectivity index (χ0n) is 12.4. The predicted octanol–water partition coefficient (Wildman–Crippen LogP) is 4.45. The molecule has 21 heavy (non-hydrogen) atoms. The standard InChI is InChI=1S/C16H19F3N2/c1-10-6-11(2)12(3)21(9-10)15-5-4-14(16(17,18)19)7-13(15)8-20/h4-5,7,10-12H,6,9H2,1-3H3. The highest BCUT2D eigenvalue weighted by molar-refractivity contribution is 5.61. The predicted molar refractivity (Wildman–Crippen MR) is 75.9 cm³/mol. The quantitative estimate of drug-likeness (QED) is 0.765. The van der Waals surface area contributed by atoms with Gasteiger partial charge in [0, 0.05) is 12.6 Å². The fraction of sp³-hybridized carbons (Fsp3) is 0.562. The van der Waals surface area contributed by atoms with Crippen molar-refractivity contribution < 1.29 is 13.2 Å². The van der Waals surface area contributed by atoms with E-state index in [2.05, 4.69) is 25.7 Å². The van der Waals surface area contributed by atoms with E-state index in [1.807, 2.05) is 6.07 Å². The van der Waals surface area contributed by atoms with Crippen molar-refractivity contribution in [3.63, 3.8) is 0 Å². The van der Waals surface area contributed by atoms with Crippen molar-refractivity contribution in [3.05, 3.63) is 29.3 Å². The van der Waals surface area contributed by atoms with Gasteiger partial charge in [0.25, 0.3) is 0 Å². The third-order valence-corrected chi connectivity index (χ3v) is 4.35. The highest BCUT2D eigenvalue weighted by Crippen LogP contribution is 2.36. The number of piperidine rings is 1. The molecule has 0 amide bonds. The first-order valence-corrected chi connectivity index (χ1v) is 7.12. The van der Waals surface area contributed by atoms with Gasteiger partial charge in [0.15, 0.2) is 0 Å². The lowest BCUT2D eigenvalue weighted by Crippen LogP contribution is -2.46. The van der Waals surface area contributed by atoms with Gasteiger partial charge in [0.2, 0.25) is 0 Å². The summed E-state index contributed by atoms with van der Waals surface area (Å²) in [5.74, 6) is 0.910. The van der Waals surface area contributed by atoms with Gasteiger partial charge in [-0.15, -0.1) is 0 Å². The minimum absolute atomic E-state index is 0.0953. The molecule has 1 saturated heterocycles. The Morgan fingerprint density at radius 2 is 1.90 bits per heavy atom. The second kappa shape index (κ2) is 5.59. The molecule has 0 N–H and O–H groups in total. The van der Waals surface area contributed by atoms with Gasteiger partial charge in [0.1, 0.15) is 6.07 Å². The lowest BCUT2D eigenvalue weighted by molar-refractivity contribution is -0.137. The van der Waals surface area contributed by atoms with Gasteiger partial charge in [-0.2, -0.15) is 18.4 Å². The van der Waals surface area contributed by atoms with E-state index >= 15 is 0 Å². The van der Waals surface area contributed by atoms with Crippen LogP contribution in [0.15, 0.2) is 18.2 Å². The summed E-state index contributed by atoms with van der Waals surface area (Å²) in [4.78, 5) is 2.07. The average molecular weight is 296 g/mol. The molecule has 1 aliphatic heterocycles. The molecule has 1 aromatic rings. The number of benzene rings is 1. The Balaban J connectivity index is 2.42. The Labute approximate surface area is 123 Å². The van der Waals surface area contributed by atoms with Crippen LogP contribution in [0.4, 0.5) is 18.9 Å². The first kappa shape index (κ1) is 15.7. The van der Waals surface area contributed by atoms with Crippen LogP contribution in [0.2, 0.25) is 0 Å². The molecular formula is C16H19F3N2. The van der Waals surface area contributed by atoms with E-state index in [0.717, 1.165) is 25.1 Å². The summed E-state index contributed by atoms with van der Waals surface area (Å²) in [6.45, 7) is 7.11. The van der Waals surface area contributed by atoms with Gasteiger partial charge in [0.05, 0.1) is 16.8 Å². The molecule has 114 valence electrons. The average Bonchev–Trinajstić information content (AvgIpc) is 2.41. The second-order valence-electron chi connectivity index (χ2n) is 6.05. The zero-order valence-corrected chi connectivity index (χ0v) is 12.4. The third-order valence-electron chi connectivity index (χ3n) is 4.35. The van der Waals surface area contributed by atoms with Crippen molar-refractivity contribution in [2.75, 3.05) is 11.4 Å². The number of rotatable bonds is 1. The molecule has 0 aromatic heterocycles. The van der Waals surface area contributed by atoms with E-state index in [4.69, 9.17) is 0 Å². The fourth-order valence-corrected chi connectivity index (χ4v) is 3.09. The summed E-state index contributed by atoms with van der Waals surface area (Å²) in [5.41, 5.74) is -0.0667. The highest BCUT2D eigenvalue weighted by Gasteiger charge is 2.33. The Bertz CT molecular complexity index is 560. The number of halogens is 3. The van der Waals surface area contributed by atoms with E-state index in [0.29, 0.717) is 17.5 Å². The lowest BCUT2D eigenvalue weighted by Gasteiger charge is -2.43. The van der Waals surface area contributed by atoms with Crippen molar-refractivity contribution in [1.82, 2.24) is 0 Å². The Morgan fingerprint density at radius 1 is 1.24 bits per heavy atom.